The van der Waals surface area contributed by atoms with Crippen LogP contribution in [0.15, 0.2) is 0 Å². The molecule has 5 atom stereocenters. The Hall–Kier alpha value is -0.660. The van der Waals surface area contributed by atoms with Crippen molar-refractivity contribution < 1.29 is 54.9 Å². The van der Waals surface area contributed by atoms with Gasteiger partial charge in [-0.3, -0.25) is 14.9 Å². The maximum atomic E-state index is 12.4. The number of aliphatic carboxylic acids is 1. The van der Waals surface area contributed by atoms with Crippen LogP contribution in [0, 0.1) is 10.7 Å². The number of hydrogen-bond donors (Lipinski definition) is 10. The van der Waals surface area contributed by atoms with Gasteiger partial charge in [-0.1, -0.05) is 0 Å². The van der Waals surface area contributed by atoms with Crippen LogP contribution in [-0.4, -0.2) is 118 Å². The lowest BCUT2D eigenvalue weighted by Gasteiger charge is -2.28. The molecule has 0 bridgehead atoms. The fraction of sp³-hybridized carbons (Fsp3) is 0.571. The lowest BCUT2D eigenvalue weighted by atomic mass is 10.0. The van der Waals surface area contributed by atoms with Crippen molar-refractivity contribution in [2.24, 2.45) is 0 Å². The fourth-order valence-electron chi connectivity index (χ4n) is 2.69. The zero-order valence-electron chi connectivity index (χ0n) is 20.6. The summed E-state index contributed by atoms with van der Waals surface area (Å²) in [5.41, 5.74) is 0.611. The largest absolute Gasteiger partial charge is 0.480 e. The zero-order chi connectivity index (χ0) is 29.7. The van der Waals surface area contributed by atoms with Crippen molar-refractivity contribution in [3.63, 3.8) is 0 Å². The summed E-state index contributed by atoms with van der Waals surface area (Å²) in [6.45, 7) is 3.13. The molecule has 1 rings (SSSR count). The number of amides is 2. The van der Waals surface area contributed by atoms with Crippen LogP contribution in [0.4, 0.5) is 0 Å². The summed E-state index contributed by atoms with van der Waals surface area (Å²) >= 11 is 5.83. The number of aliphatic hydroxyl groups excluding tert-OH is 6. The maximum Gasteiger partial charge on any atom is 0.341 e. The Balaban J connectivity index is 0.000000835. The van der Waals surface area contributed by atoms with Crippen molar-refractivity contribution in [2.75, 3.05) is 33.4 Å². The van der Waals surface area contributed by atoms with Gasteiger partial charge in [-0.2, -0.15) is 0 Å². The van der Waals surface area contributed by atoms with Crippen molar-refractivity contribution in [2.45, 2.75) is 44.5 Å². The molecule has 0 fully saturated rings. The average Bonchev–Trinajstić information content (AvgIpc) is 2.86. The van der Waals surface area contributed by atoms with E-state index in [1.165, 1.54) is 7.05 Å². The third kappa shape index (κ3) is 10.7. The van der Waals surface area contributed by atoms with Gasteiger partial charge in [0.2, 0.25) is 0 Å². The van der Waals surface area contributed by atoms with Crippen LogP contribution in [0.5, 0.6) is 5.75 Å². The van der Waals surface area contributed by atoms with E-state index in [4.69, 9.17) is 30.3 Å². The second kappa shape index (κ2) is 18.6. The number of benzene rings is 1. The van der Waals surface area contributed by atoms with Crippen LogP contribution < -0.4 is 20.7 Å². The van der Waals surface area contributed by atoms with E-state index in [1.807, 2.05) is 67.8 Å². The molecular weight excluding hydrogens is 851 g/mol. The third-order valence-electron chi connectivity index (χ3n) is 4.65. The van der Waals surface area contributed by atoms with Gasteiger partial charge in [0.25, 0.3) is 11.8 Å². The van der Waals surface area contributed by atoms with Crippen molar-refractivity contribution in [1.29, 1.82) is 0 Å². The Kier molecular flexibility index (Phi) is 18.3. The highest BCUT2D eigenvalue weighted by Crippen LogP contribution is 2.37. The minimum atomic E-state index is -1.75. The summed E-state index contributed by atoms with van der Waals surface area (Å²) in [6.07, 6.45) is -8.12. The number of hydrogen-bond acceptors (Lipinski definition) is 11. The van der Waals surface area contributed by atoms with Crippen molar-refractivity contribution >= 4 is 85.6 Å². The smallest absolute Gasteiger partial charge is 0.341 e. The summed E-state index contributed by atoms with van der Waals surface area (Å²) in [6, 6.07) is 0. The van der Waals surface area contributed by atoms with Crippen LogP contribution in [0.25, 0.3) is 0 Å². The number of carboxylic acids is 1. The monoisotopic (exact) mass is 883 g/mol. The Labute approximate surface area is 260 Å². The van der Waals surface area contributed by atoms with E-state index >= 15 is 0 Å². The van der Waals surface area contributed by atoms with Gasteiger partial charge in [-0.15, -0.1) is 0 Å². The summed E-state index contributed by atoms with van der Waals surface area (Å²) in [5.74, 6) is -1.59. The van der Waals surface area contributed by atoms with Gasteiger partial charge in [-0.05, 0) is 88.7 Å². The lowest BCUT2D eigenvalue weighted by molar-refractivity contribution is -0.144. The van der Waals surface area contributed by atoms with E-state index in [-0.39, 0.29) is 17.6 Å². The number of carbonyl (C=O) groups excluding carboxylic acids is 2. The molecule has 218 valence electrons. The standard InChI is InChI=1S/C14H15I3N2O5.C7H17NO6/c1-3-18-13(22)7-9(15)8(14(23)19-4-2)11(17)12(10(7)16)24-5-6(20)21;1-8-7(14)6(13)5(12)4(11)3(10)2-9/h3-5H2,1-2H3,(H,18,22)(H,19,23)(H,20,21);3-14H,2H2,1H3/t;3-,4-,5+,6-,7?/m.1/s1. The molecule has 0 saturated carbocycles. The summed E-state index contributed by atoms with van der Waals surface area (Å²) in [4.78, 5) is 35.6. The molecule has 0 radical (unpaired) electrons. The predicted molar refractivity (Wildman–Crippen MR) is 160 cm³/mol. The molecule has 0 aliphatic rings. The Morgan fingerprint density at radius 3 is 1.61 bits per heavy atom. The normalized spacial score (nSPS) is 14.7. The van der Waals surface area contributed by atoms with Crippen molar-refractivity contribution in [3.05, 3.63) is 21.8 Å². The molecule has 17 heteroatoms. The molecule has 0 saturated heterocycles. The molecule has 0 spiro atoms. The van der Waals surface area contributed by atoms with Crippen molar-refractivity contribution in [3.8, 4) is 5.75 Å². The first-order valence-corrected chi connectivity index (χ1v) is 14.2. The fourth-order valence-corrected chi connectivity index (χ4v) is 7.15. The van der Waals surface area contributed by atoms with E-state index in [1.54, 1.807) is 13.8 Å². The zero-order valence-corrected chi connectivity index (χ0v) is 27.1. The molecule has 38 heavy (non-hydrogen) atoms. The molecular formula is C21H32I3N3O11. The van der Waals surface area contributed by atoms with E-state index < -0.39 is 49.8 Å². The first-order chi connectivity index (χ1) is 17.7. The molecule has 0 aromatic heterocycles. The molecule has 0 aliphatic carbocycles. The number of halogens is 3. The van der Waals surface area contributed by atoms with Crippen molar-refractivity contribution in [1.82, 2.24) is 16.0 Å². The van der Waals surface area contributed by atoms with Crippen LogP contribution in [0.1, 0.15) is 34.6 Å². The number of aliphatic hydroxyl groups is 6. The number of likely N-dealkylation sites (N-methyl/N-ethyl adjacent to an activating group) is 1. The lowest BCUT2D eigenvalue weighted by Crippen LogP contribution is -2.53. The first kappa shape index (κ1) is 37.3. The number of ether oxygens (including phenoxy) is 1. The van der Waals surface area contributed by atoms with Crippen LogP contribution in [0.2, 0.25) is 0 Å². The molecule has 1 aromatic carbocycles. The summed E-state index contributed by atoms with van der Waals surface area (Å²) < 4.78 is 6.79. The highest BCUT2D eigenvalue weighted by Gasteiger charge is 2.33. The quantitative estimate of drug-likeness (QED) is 0.0799. The van der Waals surface area contributed by atoms with E-state index in [9.17, 15) is 24.6 Å². The average molecular weight is 883 g/mol. The van der Waals surface area contributed by atoms with E-state index in [0.29, 0.717) is 34.9 Å². The molecule has 1 unspecified atom stereocenters. The molecule has 1 aromatic rings. The molecule has 0 aliphatic heterocycles. The third-order valence-corrected chi connectivity index (χ3v) is 7.78. The summed E-state index contributed by atoms with van der Waals surface area (Å²) in [5, 5.41) is 70.4. The van der Waals surface area contributed by atoms with Crippen LogP contribution in [0.3, 0.4) is 0 Å². The van der Waals surface area contributed by atoms with Gasteiger partial charge >= 0.3 is 5.97 Å². The minimum Gasteiger partial charge on any atom is -0.480 e. The topological polar surface area (TPSA) is 238 Å². The van der Waals surface area contributed by atoms with Gasteiger partial charge < -0.3 is 51.1 Å². The maximum absolute atomic E-state index is 12.4. The van der Waals surface area contributed by atoms with Crippen LogP contribution >= 0.6 is 67.8 Å². The molecule has 0 heterocycles. The van der Waals surface area contributed by atoms with Gasteiger partial charge in [0.15, 0.2) is 6.61 Å². The second-order valence-electron chi connectivity index (χ2n) is 7.38. The number of carboxylic acid groups (broad SMARTS) is 1. The van der Waals surface area contributed by atoms with Gasteiger partial charge in [-0.25, -0.2) is 4.79 Å². The van der Waals surface area contributed by atoms with Gasteiger partial charge in [0.1, 0.15) is 36.4 Å². The number of rotatable bonds is 13. The highest BCUT2D eigenvalue weighted by atomic mass is 127. The highest BCUT2D eigenvalue weighted by molar-refractivity contribution is 14.1. The Morgan fingerprint density at radius 1 is 0.816 bits per heavy atom. The SMILES string of the molecule is CCNC(=O)c1c(I)c(OCC(=O)O)c(I)c(C(=O)NCC)c1I.CNC(O)[C@H](O)[C@@H](O)[C@H](O)[C@H](O)CO. The summed E-state index contributed by atoms with van der Waals surface area (Å²) in [7, 11) is 1.34. The van der Waals surface area contributed by atoms with Gasteiger partial charge in [0, 0.05) is 16.7 Å². The Morgan fingerprint density at radius 2 is 1.26 bits per heavy atom. The van der Waals surface area contributed by atoms with Gasteiger partial charge in [0.05, 0.1) is 24.9 Å². The number of carbonyl (C=O) groups is 3. The van der Waals surface area contributed by atoms with E-state index in [0.717, 1.165) is 0 Å². The first-order valence-electron chi connectivity index (χ1n) is 11.0. The second-order valence-corrected chi connectivity index (χ2v) is 10.6. The molecule has 2 amide bonds. The minimum absolute atomic E-state index is 0.224. The predicted octanol–water partition coefficient (Wildman–Crippen LogP) is -1.58. The Bertz CT molecular complexity index is 894. The molecule has 10 N–H and O–H groups in total. The van der Waals surface area contributed by atoms with Crippen LogP contribution in [-0.2, 0) is 4.79 Å². The van der Waals surface area contributed by atoms with E-state index in [2.05, 4.69) is 16.0 Å². The molecule has 14 nitrogen and oxygen atoms in total. The number of nitrogens with one attached hydrogen (secondary N) is 3.